The van der Waals surface area contributed by atoms with Crippen molar-refractivity contribution in [3.63, 3.8) is 0 Å². The molecule has 3 rings (SSSR count). The van der Waals surface area contributed by atoms with E-state index in [1.807, 2.05) is 49.4 Å². The lowest BCUT2D eigenvalue weighted by Crippen LogP contribution is -2.90. The van der Waals surface area contributed by atoms with E-state index in [2.05, 4.69) is 17.4 Å². The number of quaternary nitrogens is 1. The van der Waals surface area contributed by atoms with Crippen LogP contribution in [0.3, 0.4) is 0 Å². The zero-order chi connectivity index (χ0) is 15.9. The van der Waals surface area contributed by atoms with Gasteiger partial charge >= 0.3 is 0 Å². The Hall–Kier alpha value is -2.04. The van der Waals surface area contributed by atoms with E-state index in [0.29, 0.717) is 6.61 Å². The van der Waals surface area contributed by atoms with E-state index in [0.717, 1.165) is 36.8 Å². The summed E-state index contributed by atoms with van der Waals surface area (Å²) < 4.78 is 18.0. The largest absolute Gasteiger partial charge is 0.490 e. The molecule has 122 valence electrons. The molecule has 4 heteroatoms. The molecule has 0 saturated carbocycles. The monoisotopic (exact) mass is 314 g/mol. The molecule has 0 bridgehead atoms. The van der Waals surface area contributed by atoms with Gasteiger partial charge in [-0.25, -0.2) is 0 Å². The summed E-state index contributed by atoms with van der Waals surface area (Å²) in [5, 5.41) is 2.28. The van der Waals surface area contributed by atoms with Crippen LogP contribution in [0.25, 0.3) is 0 Å². The second-order valence-corrected chi connectivity index (χ2v) is 5.55. The summed E-state index contributed by atoms with van der Waals surface area (Å²) >= 11 is 0. The fourth-order valence-electron chi connectivity index (χ4n) is 2.82. The fourth-order valence-corrected chi connectivity index (χ4v) is 2.82. The quantitative estimate of drug-likeness (QED) is 0.889. The molecule has 2 N–H and O–H groups in total. The number of nitrogens with two attached hydrogens (primary N) is 1. The Morgan fingerprint density at radius 3 is 2.52 bits per heavy atom. The lowest BCUT2D eigenvalue weighted by molar-refractivity contribution is -0.678. The average molecular weight is 314 g/mol. The van der Waals surface area contributed by atoms with Crippen molar-refractivity contribution >= 4 is 0 Å². The Morgan fingerprint density at radius 2 is 1.83 bits per heavy atom. The van der Waals surface area contributed by atoms with Gasteiger partial charge in [0.25, 0.3) is 0 Å². The van der Waals surface area contributed by atoms with E-state index in [4.69, 9.17) is 14.2 Å². The predicted octanol–water partition coefficient (Wildman–Crippen LogP) is 2.17. The Bertz CT molecular complexity index is 597. The minimum Gasteiger partial charge on any atom is -0.490 e. The molecule has 0 aliphatic carbocycles. The number of hydrogen-bond donors (Lipinski definition) is 1. The molecule has 0 radical (unpaired) electrons. The number of benzene rings is 2. The third-order valence-corrected chi connectivity index (χ3v) is 3.92. The lowest BCUT2D eigenvalue weighted by atomic mass is 10.0. The third-order valence-electron chi connectivity index (χ3n) is 3.92. The SMILES string of the molecule is CCOc1ccccc1O[C@H](c1ccccc1)[C@@H]1C[NH2+]CCO1. The first-order valence-electron chi connectivity index (χ1n) is 8.25. The molecule has 2 atom stereocenters. The van der Waals surface area contributed by atoms with Gasteiger partial charge in [0.05, 0.1) is 19.8 Å². The van der Waals surface area contributed by atoms with E-state index < -0.39 is 0 Å². The van der Waals surface area contributed by atoms with Gasteiger partial charge in [0.1, 0.15) is 12.6 Å². The van der Waals surface area contributed by atoms with Crippen LogP contribution in [-0.2, 0) is 4.74 Å². The van der Waals surface area contributed by atoms with Gasteiger partial charge in [-0.2, -0.15) is 0 Å². The molecule has 23 heavy (non-hydrogen) atoms. The van der Waals surface area contributed by atoms with Gasteiger partial charge in [0.2, 0.25) is 0 Å². The molecule has 1 saturated heterocycles. The number of hydrogen-bond acceptors (Lipinski definition) is 3. The van der Waals surface area contributed by atoms with E-state index in [9.17, 15) is 0 Å². The summed E-state index contributed by atoms with van der Waals surface area (Å²) in [6, 6.07) is 18.1. The lowest BCUT2D eigenvalue weighted by Gasteiger charge is -2.30. The van der Waals surface area contributed by atoms with Gasteiger partial charge in [-0.1, -0.05) is 42.5 Å². The molecule has 0 unspecified atom stereocenters. The zero-order valence-electron chi connectivity index (χ0n) is 13.5. The Balaban J connectivity index is 1.86. The maximum atomic E-state index is 6.35. The van der Waals surface area contributed by atoms with Crippen LogP contribution in [-0.4, -0.2) is 32.4 Å². The van der Waals surface area contributed by atoms with Crippen molar-refractivity contribution in [2.45, 2.75) is 19.1 Å². The Kier molecular flexibility index (Phi) is 5.51. The molecule has 4 nitrogen and oxygen atoms in total. The van der Waals surface area contributed by atoms with Gasteiger partial charge in [-0.3, -0.25) is 0 Å². The third kappa shape index (κ3) is 4.03. The van der Waals surface area contributed by atoms with Crippen LogP contribution in [0, 0.1) is 0 Å². The van der Waals surface area contributed by atoms with Gasteiger partial charge in [0.15, 0.2) is 17.6 Å². The molecule has 2 aromatic rings. The number of rotatable bonds is 6. The number of ether oxygens (including phenoxy) is 3. The summed E-state index contributed by atoms with van der Waals surface area (Å²) in [7, 11) is 0. The second kappa shape index (κ2) is 7.99. The zero-order valence-corrected chi connectivity index (χ0v) is 13.5. The first-order chi connectivity index (χ1) is 11.4. The van der Waals surface area contributed by atoms with Crippen molar-refractivity contribution < 1.29 is 19.5 Å². The minimum absolute atomic E-state index is 0.0285. The highest BCUT2D eigenvalue weighted by atomic mass is 16.6. The van der Waals surface area contributed by atoms with Gasteiger partial charge < -0.3 is 19.5 Å². The molecule has 0 aromatic heterocycles. The molecule has 0 spiro atoms. The van der Waals surface area contributed by atoms with Crippen molar-refractivity contribution in [1.82, 2.24) is 0 Å². The van der Waals surface area contributed by atoms with Crippen LogP contribution in [0.1, 0.15) is 18.6 Å². The standard InChI is InChI=1S/C19H23NO3/c1-2-21-16-10-6-7-11-17(16)23-19(15-8-4-3-5-9-15)18-14-20-12-13-22-18/h3-11,18-20H,2,12-14H2,1H3/p+1/t18-,19+/m0/s1. The van der Waals surface area contributed by atoms with Crippen LogP contribution in [0.4, 0.5) is 0 Å². The summed E-state index contributed by atoms with van der Waals surface area (Å²) in [5.41, 5.74) is 1.12. The Morgan fingerprint density at radius 1 is 1.09 bits per heavy atom. The van der Waals surface area contributed by atoms with Gasteiger partial charge in [0, 0.05) is 0 Å². The van der Waals surface area contributed by atoms with Crippen LogP contribution >= 0.6 is 0 Å². The summed E-state index contributed by atoms with van der Waals surface area (Å²) in [6.07, 6.45) is -0.116. The van der Waals surface area contributed by atoms with Crippen LogP contribution in [0.5, 0.6) is 11.5 Å². The number of morpholine rings is 1. The minimum atomic E-state index is -0.144. The molecule has 2 aromatic carbocycles. The first kappa shape index (κ1) is 15.8. The van der Waals surface area contributed by atoms with Crippen molar-refractivity contribution in [3.8, 4) is 11.5 Å². The molecule has 0 amide bonds. The van der Waals surface area contributed by atoms with Crippen LogP contribution in [0.2, 0.25) is 0 Å². The van der Waals surface area contributed by atoms with Crippen molar-refractivity contribution in [1.29, 1.82) is 0 Å². The highest BCUT2D eigenvalue weighted by Crippen LogP contribution is 2.33. The normalized spacial score (nSPS) is 19.1. The second-order valence-electron chi connectivity index (χ2n) is 5.55. The molecule has 1 aliphatic rings. The van der Waals surface area contributed by atoms with Crippen molar-refractivity contribution in [2.24, 2.45) is 0 Å². The average Bonchev–Trinajstić information content (AvgIpc) is 2.63. The topological polar surface area (TPSA) is 44.3 Å². The molecule has 1 fully saturated rings. The van der Waals surface area contributed by atoms with E-state index in [1.54, 1.807) is 0 Å². The highest BCUT2D eigenvalue weighted by molar-refractivity contribution is 5.40. The maximum absolute atomic E-state index is 6.35. The van der Waals surface area contributed by atoms with Crippen molar-refractivity contribution in [3.05, 3.63) is 60.2 Å². The molecule has 1 aliphatic heterocycles. The summed E-state index contributed by atoms with van der Waals surface area (Å²) in [5.74, 6) is 1.54. The van der Waals surface area contributed by atoms with Crippen LogP contribution < -0.4 is 14.8 Å². The predicted molar refractivity (Wildman–Crippen MR) is 88.8 cm³/mol. The summed E-state index contributed by atoms with van der Waals surface area (Å²) in [4.78, 5) is 0. The number of para-hydroxylation sites is 2. The van der Waals surface area contributed by atoms with Crippen LogP contribution in [0.15, 0.2) is 54.6 Å². The van der Waals surface area contributed by atoms with Crippen molar-refractivity contribution in [2.75, 3.05) is 26.3 Å². The van der Waals surface area contributed by atoms with E-state index in [-0.39, 0.29) is 12.2 Å². The first-order valence-corrected chi connectivity index (χ1v) is 8.25. The van der Waals surface area contributed by atoms with E-state index >= 15 is 0 Å². The summed E-state index contributed by atoms with van der Waals surface area (Å²) in [6.45, 7) is 5.25. The van der Waals surface area contributed by atoms with E-state index in [1.165, 1.54) is 0 Å². The fraction of sp³-hybridized carbons (Fsp3) is 0.368. The van der Waals surface area contributed by atoms with Gasteiger partial charge in [-0.05, 0) is 24.6 Å². The highest BCUT2D eigenvalue weighted by Gasteiger charge is 2.30. The molecular weight excluding hydrogens is 290 g/mol. The molecular formula is C19H24NO3+. The molecule has 1 heterocycles. The maximum Gasteiger partial charge on any atom is 0.162 e. The smallest absolute Gasteiger partial charge is 0.162 e. The Labute approximate surface area is 137 Å². The van der Waals surface area contributed by atoms with Gasteiger partial charge in [-0.15, -0.1) is 0 Å².